The number of hydrogen-bond acceptors (Lipinski definition) is 5. The summed E-state index contributed by atoms with van der Waals surface area (Å²) >= 11 is 1.45. The molecule has 8 heteroatoms. The van der Waals surface area contributed by atoms with Crippen LogP contribution in [0.5, 0.6) is 5.75 Å². The topological polar surface area (TPSA) is 77.7 Å². The number of ether oxygens (including phenoxy) is 1. The molecule has 0 aliphatic carbocycles. The number of aryl methyl sites for hydroxylation is 2. The normalized spacial score (nSPS) is 12.4. The number of fused-ring (bicyclic) bond motifs is 1. The molecule has 6 nitrogen and oxygen atoms in total. The highest BCUT2D eigenvalue weighted by Crippen LogP contribution is 2.22. The highest BCUT2D eigenvalue weighted by atomic mass is 32.2. The fourth-order valence-electron chi connectivity index (χ4n) is 3.15. The Balaban J connectivity index is 1.83. The predicted octanol–water partition coefficient (Wildman–Crippen LogP) is 3.59. The van der Waals surface area contributed by atoms with Crippen LogP contribution in [-0.2, 0) is 27.6 Å². The van der Waals surface area contributed by atoms with Gasteiger partial charge in [0.2, 0.25) is 5.91 Å². The van der Waals surface area contributed by atoms with Gasteiger partial charge in [-0.3, -0.25) is 4.79 Å². The fraction of sp³-hybridized carbons (Fsp3) is 0.333. The first-order chi connectivity index (χ1) is 13.9. The monoisotopic (exact) mass is 432 g/mol. The maximum atomic E-state index is 12.5. The van der Waals surface area contributed by atoms with Crippen molar-refractivity contribution in [1.82, 2.24) is 4.57 Å². The van der Waals surface area contributed by atoms with Gasteiger partial charge in [0.25, 0.3) is 0 Å². The van der Waals surface area contributed by atoms with E-state index in [1.54, 1.807) is 12.1 Å². The summed E-state index contributed by atoms with van der Waals surface area (Å²) in [5.74, 6) is -0.136. The maximum absolute atomic E-state index is 12.5. The van der Waals surface area contributed by atoms with Gasteiger partial charge < -0.3 is 9.30 Å². The number of carbonyl (C=O) groups is 1. The van der Waals surface area contributed by atoms with Gasteiger partial charge >= 0.3 is 0 Å². The maximum Gasteiger partial charge on any atom is 0.249 e. The summed E-state index contributed by atoms with van der Waals surface area (Å²) in [5, 5.41) is 0. The van der Waals surface area contributed by atoms with E-state index in [-0.39, 0.29) is 17.1 Å². The van der Waals surface area contributed by atoms with Crippen LogP contribution in [0.3, 0.4) is 0 Å². The van der Waals surface area contributed by atoms with E-state index in [0.717, 1.165) is 16.6 Å². The fourth-order valence-corrected chi connectivity index (χ4v) is 5.54. The van der Waals surface area contributed by atoms with Crippen molar-refractivity contribution in [1.29, 1.82) is 0 Å². The molecule has 0 spiro atoms. The Labute approximate surface area is 174 Å². The molecule has 29 heavy (non-hydrogen) atoms. The van der Waals surface area contributed by atoms with Crippen LogP contribution in [0.2, 0.25) is 0 Å². The quantitative estimate of drug-likeness (QED) is 0.572. The summed E-state index contributed by atoms with van der Waals surface area (Å²) in [7, 11) is -2.05. The smallest absolute Gasteiger partial charge is 0.249 e. The SMILES string of the molecule is CCc1cccc2sc(=NC(=O)CCS(=O)(=O)c3ccc(OC)cc3)n(CC)c12. The molecule has 0 fully saturated rings. The van der Waals surface area contributed by atoms with E-state index in [1.807, 2.05) is 23.6 Å². The van der Waals surface area contributed by atoms with E-state index in [9.17, 15) is 13.2 Å². The molecule has 0 N–H and O–H groups in total. The van der Waals surface area contributed by atoms with E-state index >= 15 is 0 Å². The van der Waals surface area contributed by atoms with Crippen molar-refractivity contribution in [2.75, 3.05) is 12.9 Å². The summed E-state index contributed by atoms with van der Waals surface area (Å²) in [5.41, 5.74) is 2.30. The van der Waals surface area contributed by atoms with E-state index in [0.29, 0.717) is 17.1 Å². The standard InChI is InChI=1S/C21H24N2O4S2/c1-4-15-7-6-8-18-20(15)23(5-2)21(28-18)22-19(24)13-14-29(25,26)17-11-9-16(27-3)10-12-17/h6-12H,4-5,13-14H2,1-3H3. The summed E-state index contributed by atoms with van der Waals surface area (Å²) < 4.78 is 33.1. The van der Waals surface area contributed by atoms with E-state index < -0.39 is 15.7 Å². The molecule has 1 aromatic heterocycles. The van der Waals surface area contributed by atoms with Gasteiger partial charge in [0.1, 0.15) is 5.75 Å². The highest BCUT2D eigenvalue weighted by Gasteiger charge is 2.17. The van der Waals surface area contributed by atoms with Gasteiger partial charge in [-0.25, -0.2) is 8.42 Å². The lowest BCUT2D eigenvalue weighted by Crippen LogP contribution is -2.18. The first kappa shape index (κ1) is 21.3. The molecule has 0 unspecified atom stereocenters. The molecule has 1 amide bonds. The Morgan fingerprint density at radius 3 is 2.48 bits per heavy atom. The van der Waals surface area contributed by atoms with Crippen LogP contribution in [0.4, 0.5) is 0 Å². The van der Waals surface area contributed by atoms with E-state index in [2.05, 4.69) is 18.0 Å². The number of hydrogen-bond donors (Lipinski definition) is 0. The molecular weight excluding hydrogens is 408 g/mol. The zero-order chi connectivity index (χ0) is 21.0. The van der Waals surface area contributed by atoms with Crippen LogP contribution in [0, 0.1) is 0 Å². The summed E-state index contributed by atoms with van der Waals surface area (Å²) in [6, 6.07) is 12.2. The second-order valence-electron chi connectivity index (χ2n) is 6.50. The van der Waals surface area contributed by atoms with E-state index in [4.69, 9.17) is 4.74 Å². The third-order valence-electron chi connectivity index (χ3n) is 4.71. The Bertz CT molecular complexity index is 1190. The number of para-hydroxylation sites is 1. The number of sulfone groups is 1. The molecule has 0 aliphatic heterocycles. The van der Waals surface area contributed by atoms with Gasteiger partial charge in [0, 0.05) is 13.0 Å². The lowest BCUT2D eigenvalue weighted by atomic mass is 10.1. The Kier molecular flexibility index (Phi) is 6.54. The van der Waals surface area contributed by atoms with Crippen molar-refractivity contribution >= 4 is 37.3 Å². The Hall–Kier alpha value is -2.45. The molecule has 1 heterocycles. The molecule has 3 rings (SSSR count). The Morgan fingerprint density at radius 1 is 1.14 bits per heavy atom. The van der Waals surface area contributed by atoms with Gasteiger partial charge in [-0.15, -0.1) is 0 Å². The molecule has 154 valence electrons. The highest BCUT2D eigenvalue weighted by molar-refractivity contribution is 7.91. The van der Waals surface area contributed by atoms with Crippen molar-refractivity contribution in [3.63, 3.8) is 0 Å². The number of amides is 1. The first-order valence-electron chi connectivity index (χ1n) is 9.45. The zero-order valence-electron chi connectivity index (χ0n) is 16.7. The number of nitrogens with zero attached hydrogens (tertiary/aromatic N) is 2. The van der Waals surface area contributed by atoms with Gasteiger partial charge in [-0.2, -0.15) is 4.99 Å². The van der Waals surface area contributed by atoms with Crippen molar-refractivity contribution in [3.05, 3.63) is 52.8 Å². The average molecular weight is 433 g/mol. The van der Waals surface area contributed by atoms with Crippen LogP contribution < -0.4 is 9.54 Å². The zero-order valence-corrected chi connectivity index (χ0v) is 18.3. The average Bonchev–Trinajstić information content (AvgIpc) is 3.09. The molecule has 0 aliphatic rings. The molecule has 0 atom stereocenters. The second kappa shape index (κ2) is 8.92. The molecule has 0 saturated carbocycles. The third-order valence-corrected chi connectivity index (χ3v) is 7.48. The van der Waals surface area contributed by atoms with Crippen LogP contribution >= 0.6 is 11.3 Å². The molecule has 0 radical (unpaired) electrons. The van der Waals surface area contributed by atoms with Crippen LogP contribution in [0.15, 0.2) is 52.4 Å². The molecule has 0 saturated heterocycles. The Morgan fingerprint density at radius 2 is 1.86 bits per heavy atom. The second-order valence-corrected chi connectivity index (χ2v) is 9.61. The summed E-state index contributed by atoms with van der Waals surface area (Å²) in [4.78, 5) is 17.4. The number of methoxy groups -OCH3 is 1. The minimum Gasteiger partial charge on any atom is -0.497 e. The van der Waals surface area contributed by atoms with Gasteiger partial charge in [-0.1, -0.05) is 30.4 Å². The van der Waals surface area contributed by atoms with E-state index in [1.165, 1.54) is 36.1 Å². The minimum atomic E-state index is -3.56. The molecular formula is C21H24N2O4S2. The predicted molar refractivity (Wildman–Crippen MR) is 115 cm³/mol. The minimum absolute atomic E-state index is 0.160. The third kappa shape index (κ3) is 4.59. The van der Waals surface area contributed by atoms with Crippen molar-refractivity contribution in [2.45, 2.75) is 38.1 Å². The first-order valence-corrected chi connectivity index (χ1v) is 11.9. The number of carbonyl (C=O) groups excluding carboxylic acids is 1. The lowest BCUT2D eigenvalue weighted by Gasteiger charge is -2.05. The summed E-state index contributed by atoms with van der Waals surface area (Å²) in [6.07, 6.45) is 0.731. The van der Waals surface area contributed by atoms with Crippen molar-refractivity contribution < 1.29 is 17.9 Å². The van der Waals surface area contributed by atoms with Crippen molar-refractivity contribution in [2.24, 2.45) is 4.99 Å². The largest absolute Gasteiger partial charge is 0.497 e. The molecule has 3 aromatic rings. The number of aromatic nitrogens is 1. The van der Waals surface area contributed by atoms with Crippen LogP contribution in [0.1, 0.15) is 25.8 Å². The van der Waals surface area contributed by atoms with Gasteiger partial charge in [-0.05, 0) is 49.2 Å². The van der Waals surface area contributed by atoms with Gasteiger partial charge in [0.05, 0.1) is 28.0 Å². The number of thiazole rings is 1. The van der Waals surface area contributed by atoms with Crippen molar-refractivity contribution in [3.8, 4) is 5.75 Å². The lowest BCUT2D eigenvalue weighted by molar-refractivity contribution is -0.117. The van der Waals surface area contributed by atoms with Crippen LogP contribution in [0.25, 0.3) is 10.2 Å². The van der Waals surface area contributed by atoms with Gasteiger partial charge in [0.15, 0.2) is 14.6 Å². The number of benzene rings is 2. The molecule has 2 aromatic carbocycles. The molecule has 0 bridgehead atoms. The number of rotatable bonds is 7. The summed E-state index contributed by atoms with van der Waals surface area (Å²) in [6.45, 7) is 4.79. The van der Waals surface area contributed by atoms with Crippen LogP contribution in [-0.4, -0.2) is 31.8 Å².